The van der Waals surface area contributed by atoms with Crippen LogP contribution in [0.25, 0.3) is 0 Å². The van der Waals surface area contributed by atoms with E-state index in [0.717, 1.165) is 11.0 Å². The van der Waals surface area contributed by atoms with E-state index in [9.17, 15) is 4.79 Å². The second-order valence-corrected chi connectivity index (χ2v) is 5.20. The van der Waals surface area contributed by atoms with Gasteiger partial charge >= 0.3 is 0 Å². The highest BCUT2D eigenvalue weighted by Gasteiger charge is 2.17. The first-order chi connectivity index (χ1) is 7.93. The van der Waals surface area contributed by atoms with Crippen molar-refractivity contribution in [3.8, 4) is 5.75 Å². The van der Waals surface area contributed by atoms with Gasteiger partial charge in [-0.3, -0.25) is 4.79 Å². The van der Waals surface area contributed by atoms with Gasteiger partial charge in [-0.1, -0.05) is 6.92 Å². The Labute approximate surface area is 110 Å². The van der Waals surface area contributed by atoms with E-state index >= 15 is 0 Å². The Morgan fingerprint density at radius 2 is 2.24 bits per heavy atom. The van der Waals surface area contributed by atoms with Crippen LogP contribution in [0.2, 0.25) is 0 Å². The van der Waals surface area contributed by atoms with E-state index in [-0.39, 0.29) is 18.1 Å². The number of halogens is 1. The molecule has 0 spiro atoms. The lowest BCUT2D eigenvalue weighted by molar-refractivity contribution is -0.124. The molecule has 1 rings (SSSR count). The van der Waals surface area contributed by atoms with Gasteiger partial charge < -0.3 is 10.1 Å². The summed E-state index contributed by atoms with van der Waals surface area (Å²) < 4.78 is 6.06. The minimum absolute atomic E-state index is 0.00669. The fraction of sp³-hybridized carbons (Fsp3) is 0.500. The Kier molecular flexibility index (Phi) is 4.93. The molecule has 17 heavy (non-hydrogen) atoms. The van der Waals surface area contributed by atoms with Crippen molar-refractivity contribution < 1.29 is 9.53 Å². The standard InChI is InChI=1S/C12H17BrN2O2/c1-4-12(2,3)15-11(16)8-17-9-5-6-10(13)14-7-9/h5-7H,4,8H2,1-3H3,(H,15,16). The fourth-order valence-electron chi connectivity index (χ4n) is 1.10. The van der Waals surface area contributed by atoms with Crippen LogP contribution in [0.4, 0.5) is 0 Å². The van der Waals surface area contributed by atoms with Gasteiger partial charge in [-0.05, 0) is 48.3 Å². The Balaban J connectivity index is 2.41. The average molecular weight is 301 g/mol. The molecule has 0 saturated carbocycles. The first-order valence-corrected chi connectivity index (χ1v) is 6.27. The van der Waals surface area contributed by atoms with E-state index in [2.05, 4.69) is 26.2 Å². The van der Waals surface area contributed by atoms with E-state index in [0.29, 0.717) is 5.75 Å². The van der Waals surface area contributed by atoms with Crippen LogP contribution in [0, 0.1) is 0 Å². The molecule has 0 unspecified atom stereocenters. The van der Waals surface area contributed by atoms with Gasteiger partial charge in [0.1, 0.15) is 10.4 Å². The van der Waals surface area contributed by atoms with Crippen LogP contribution in [0.15, 0.2) is 22.9 Å². The van der Waals surface area contributed by atoms with Crippen LogP contribution in [-0.2, 0) is 4.79 Å². The monoisotopic (exact) mass is 300 g/mol. The summed E-state index contributed by atoms with van der Waals surface area (Å²) >= 11 is 3.23. The van der Waals surface area contributed by atoms with Crippen LogP contribution in [-0.4, -0.2) is 23.0 Å². The lowest BCUT2D eigenvalue weighted by Crippen LogP contribution is -2.44. The van der Waals surface area contributed by atoms with Gasteiger partial charge in [0, 0.05) is 5.54 Å². The summed E-state index contributed by atoms with van der Waals surface area (Å²) in [6.45, 7) is 5.99. The van der Waals surface area contributed by atoms with Gasteiger partial charge in [-0.25, -0.2) is 4.98 Å². The Bertz CT molecular complexity index is 377. The van der Waals surface area contributed by atoms with E-state index < -0.39 is 0 Å². The Morgan fingerprint density at radius 3 is 2.76 bits per heavy atom. The molecule has 94 valence electrons. The summed E-state index contributed by atoms with van der Waals surface area (Å²) in [6, 6.07) is 3.53. The third-order valence-electron chi connectivity index (χ3n) is 2.43. The SMILES string of the molecule is CCC(C)(C)NC(=O)COc1ccc(Br)nc1. The van der Waals surface area contributed by atoms with Gasteiger partial charge in [0.2, 0.25) is 0 Å². The highest BCUT2D eigenvalue weighted by molar-refractivity contribution is 9.10. The number of hydrogen-bond acceptors (Lipinski definition) is 3. The van der Waals surface area contributed by atoms with Gasteiger partial charge in [-0.2, -0.15) is 0 Å². The Hall–Kier alpha value is -1.10. The zero-order chi connectivity index (χ0) is 12.9. The van der Waals surface area contributed by atoms with Crippen molar-refractivity contribution in [2.45, 2.75) is 32.7 Å². The summed E-state index contributed by atoms with van der Waals surface area (Å²) in [4.78, 5) is 15.6. The molecule has 1 heterocycles. The molecule has 0 fully saturated rings. The Morgan fingerprint density at radius 1 is 1.53 bits per heavy atom. The number of nitrogens with one attached hydrogen (secondary N) is 1. The first kappa shape index (κ1) is 14.0. The summed E-state index contributed by atoms with van der Waals surface area (Å²) in [5.74, 6) is 0.456. The molecule has 0 aliphatic heterocycles. The van der Waals surface area contributed by atoms with Crippen LogP contribution in [0.5, 0.6) is 5.75 Å². The van der Waals surface area contributed by atoms with Crippen LogP contribution >= 0.6 is 15.9 Å². The van der Waals surface area contributed by atoms with E-state index in [4.69, 9.17) is 4.74 Å². The van der Waals surface area contributed by atoms with E-state index in [1.807, 2.05) is 20.8 Å². The second-order valence-electron chi connectivity index (χ2n) is 4.39. The smallest absolute Gasteiger partial charge is 0.258 e. The van der Waals surface area contributed by atoms with Crippen molar-refractivity contribution in [3.05, 3.63) is 22.9 Å². The highest BCUT2D eigenvalue weighted by Crippen LogP contribution is 2.12. The number of pyridine rings is 1. The summed E-state index contributed by atoms with van der Waals surface area (Å²) in [5.41, 5.74) is -0.196. The zero-order valence-electron chi connectivity index (χ0n) is 10.3. The quantitative estimate of drug-likeness (QED) is 0.850. The number of carbonyl (C=O) groups is 1. The molecule has 0 atom stereocenters. The third kappa shape index (κ3) is 5.17. The van der Waals surface area contributed by atoms with Gasteiger partial charge in [0.25, 0.3) is 5.91 Å². The normalized spacial score (nSPS) is 11.1. The number of amides is 1. The van der Waals surface area contributed by atoms with Crippen molar-refractivity contribution in [2.24, 2.45) is 0 Å². The average Bonchev–Trinajstić information content (AvgIpc) is 2.28. The molecular formula is C12H17BrN2O2. The maximum atomic E-state index is 11.6. The van der Waals surface area contributed by atoms with Crippen molar-refractivity contribution >= 4 is 21.8 Å². The fourth-order valence-corrected chi connectivity index (χ4v) is 1.33. The number of aromatic nitrogens is 1. The number of hydrogen-bond donors (Lipinski definition) is 1. The molecular weight excluding hydrogens is 284 g/mol. The van der Waals surface area contributed by atoms with Crippen molar-refractivity contribution in [1.29, 1.82) is 0 Å². The number of ether oxygens (including phenoxy) is 1. The third-order valence-corrected chi connectivity index (χ3v) is 2.90. The molecule has 1 aromatic rings. The lowest BCUT2D eigenvalue weighted by Gasteiger charge is -2.24. The molecule has 1 amide bonds. The van der Waals surface area contributed by atoms with Crippen molar-refractivity contribution in [3.63, 3.8) is 0 Å². The summed E-state index contributed by atoms with van der Waals surface area (Å²) in [6.07, 6.45) is 2.45. The number of nitrogens with zero attached hydrogens (tertiary/aromatic N) is 1. The van der Waals surface area contributed by atoms with Gasteiger partial charge in [-0.15, -0.1) is 0 Å². The van der Waals surface area contributed by atoms with E-state index in [1.54, 1.807) is 18.3 Å². The van der Waals surface area contributed by atoms with E-state index in [1.165, 1.54) is 0 Å². The summed E-state index contributed by atoms with van der Waals surface area (Å²) in [5, 5.41) is 2.89. The molecule has 1 aromatic heterocycles. The summed E-state index contributed by atoms with van der Waals surface area (Å²) in [7, 11) is 0. The first-order valence-electron chi connectivity index (χ1n) is 5.48. The topological polar surface area (TPSA) is 51.2 Å². The highest BCUT2D eigenvalue weighted by atomic mass is 79.9. The second kappa shape index (κ2) is 6.00. The molecule has 5 heteroatoms. The van der Waals surface area contributed by atoms with Crippen molar-refractivity contribution in [1.82, 2.24) is 10.3 Å². The van der Waals surface area contributed by atoms with Crippen molar-refractivity contribution in [2.75, 3.05) is 6.61 Å². The maximum absolute atomic E-state index is 11.6. The predicted octanol–water partition coefficient (Wildman–Crippen LogP) is 2.53. The molecule has 0 saturated heterocycles. The molecule has 0 radical (unpaired) electrons. The lowest BCUT2D eigenvalue weighted by atomic mass is 10.0. The zero-order valence-corrected chi connectivity index (χ0v) is 11.9. The minimum Gasteiger partial charge on any atom is -0.482 e. The predicted molar refractivity (Wildman–Crippen MR) is 69.9 cm³/mol. The van der Waals surface area contributed by atoms with Crippen LogP contribution in [0.1, 0.15) is 27.2 Å². The molecule has 0 aliphatic carbocycles. The molecule has 0 bridgehead atoms. The van der Waals surface area contributed by atoms with Crippen LogP contribution in [0.3, 0.4) is 0 Å². The molecule has 0 aliphatic rings. The van der Waals surface area contributed by atoms with Gasteiger partial charge in [0.15, 0.2) is 6.61 Å². The van der Waals surface area contributed by atoms with Gasteiger partial charge in [0.05, 0.1) is 6.20 Å². The molecule has 1 N–H and O–H groups in total. The number of carbonyl (C=O) groups excluding carboxylic acids is 1. The molecule has 4 nitrogen and oxygen atoms in total. The largest absolute Gasteiger partial charge is 0.482 e. The minimum atomic E-state index is -0.196. The molecule has 0 aromatic carbocycles. The maximum Gasteiger partial charge on any atom is 0.258 e. The van der Waals surface area contributed by atoms with Crippen LogP contribution < -0.4 is 10.1 Å². The number of rotatable bonds is 5.